The number of rotatable bonds is 2. The van der Waals surface area contributed by atoms with Gasteiger partial charge in [0.25, 0.3) is 5.91 Å². The highest BCUT2D eigenvalue weighted by Gasteiger charge is 2.15. The fourth-order valence-corrected chi connectivity index (χ4v) is 0.361. The number of hydrogen-bond acceptors (Lipinski definition) is 2. The van der Waals surface area contributed by atoms with Gasteiger partial charge in [-0.1, -0.05) is 6.58 Å². The van der Waals surface area contributed by atoms with Gasteiger partial charge < -0.3 is 10.0 Å². The number of carbonyl (C=O) groups excluding carboxylic acids is 1. The molecule has 1 N–H and O–H groups in total. The van der Waals surface area contributed by atoms with Gasteiger partial charge in [0.05, 0.1) is 0 Å². The molecule has 4 heteroatoms. The lowest BCUT2D eigenvalue weighted by molar-refractivity contribution is -0.136. The van der Waals surface area contributed by atoms with Crippen LogP contribution in [0.5, 0.6) is 0 Å². The van der Waals surface area contributed by atoms with Gasteiger partial charge in [-0.05, 0) is 0 Å². The van der Waals surface area contributed by atoms with Crippen LogP contribution in [0.4, 0.5) is 0 Å². The number of amides is 1. The van der Waals surface area contributed by atoms with Gasteiger partial charge in [-0.15, -0.1) is 0 Å². The molecule has 0 aliphatic carbocycles. The minimum Gasteiger partial charge on any atom is -0.478 e. The normalized spacial score (nSPS) is 8.60. The first-order valence-corrected chi connectivity index (χ1v) is 2.60. The SMILES string of the molecule is C=C(C(=O)O)C(=O)N(C)C. The molecule has 1 amide bonds. The van der Waals surface area contributed by atoms with Crippen molar-refractivity contribution in [1.29, 1.82) is 0 Å². The molecule has 0 heterocycles. The van der Waals surface area contributed by atoms with Crippen LogP contribution in [0.1, 0.15) is 0 Å². The predicted molar refractivity (Wildman–Crippen MR) is 35.5 cm³/mol. The third kappa shape index (κ3) is 1.89. The number of nitrogens with zero attached hydrogens (tertiary/aromatic N) is 1. The molecular weight excluding hydrogens is 134 g/mol. The summed E-state index contributed by atoms with van der Waals surface area (Å²) < 4.78 is 0. The van der Waals surface area contributed by atoms with Crippen molar-refractivity contribution in [2.24, 2.45) is 0 Å². The van der Waals surface area contributed by atoms with Crippen molar-refractivity contribution in [3.8, 4) is 0 Å². The highest BCUT2D eigenvalue weighted by molar-refractivity contribution is 6.14. The molecule has 0 aromatic rings. The van der Waals surface area contributed by atoms with Crippen molar-refractivity contribution in [1.82, 2.24) is 4.90 Å². The maximum absolute atomic E-state index is 10.7. The van der Waals surface area contributed by atoms with E-state index in [-0.39, 0.29) is 0 Å². The fourth-order valence-electron chi connectivity index (χ4n) is 0.361. The van der Waals surface area contributed by atoms with Crippen LogP contribution in [0.2, 0.25) is 0 Å². The number of likely N-dealkylation sites (N-methyl/N-ethyl adjacent to an activating group) is 1. The van der Waals surface area contributed by atoms with E-state index in [1.807, 2.05) is 0 Å². The minimum absolute atomic E-state index is 0.412. The van der Waals surface area contributed by atoms with Crippen molar-refractivity contribution in [2.45, 2.75) is 0 Å². The lowest BCUT2D eigenvalue weighted by atomic mass is 10.3. The van der Waals surface area contributed by atoms with E-state index in [1.165, 1.54) is 14.1 Å². The van der Waals surface area contributed by atoms with E-state index < -0.39 is 17.4 Å². The van der Waals surface area contributed by atoms with E-state index in [0.717, 1.165) is 4.90 Å². The number of carbonyl (C=O) groups is 2. The standard InChI is InChI=1S/C6H9NO3/c1-4(6(9)10)5(8)7(2)3/h1H2,2-3H3,(H,9,10). The molecule has 0 unspecified atom stereocenters. The van der Waals surface area contributed by atoms with E-state index in [1.54, 1.807) is 0 Å². The predicted octanol–water partition coefficient (Wildman–Crippen LogP) is -0.285. The summed E-state index contributed by atoms with van der Waals surface area (Å²) in [6, 6.07) is 0. The van der Waals surface area contributed by atoms with Crippen LogP contribution in [0.15, 0.2) is 12.2 Å². The highest BCUT2D eigenvalue weighted by Crippen LogP contribution is 1.93. The average molecular weight is 143 g/mol. The second-order valence-corrected chi connectivity index (χ2v) is 1.98. The van der Waals surface area contributed by atoms with Crippen LogP contribution in [0, 0.1) is 0 Å². The van der Waals surface area contributed by atoms with Crippen LogP contribution in [0.3, 0.4) is 0 Å². The van der Waals surface area contributed by atoms with Gasteiger partial charge in [-0.3, -0.25) is 4.79 Å². The van der Waals surface area contributed by atoms with Gasteiger partial charge in [0.2, 0.25) is 0 Å². The smallest absolute Gasteiger partial charge is 0.340 e. The number of hydrogen-bond donors (Lipinski definition) is 1. The Morgan fingerprint density at radius 3 is 1.90 bits per heavy atom. The third-order valence-electron chi connectivity index (χ3n) is 0.922. The Morgan fingerprint density at radius 1 is 1.40 bits per heavy atom. The summed E-state index contributed by atoms with van der Waals surface area (Å²) in [5.41, 5.74) is -0.412. The van der Waals surface area contributed by atoms with Crippen LogP contribution in [-0.2, 0) is 9.59 Å². The minimum atomic E-state index is -1.28. The Labute approximate surface area is 58.8 Å². The van der Waals surface area contributed by atoms with E-state index >= 15 is 0 Å². The first kappa shape index (κ1) is 8.68. The van der Waals surface area contributed by atoms with Crippen molar-refractivity contribution < 1.29 is 14.7 Å². The zero-order valence-electron chi connectivity index (χ0n) is 5.92. The molecular formula is C6H9NO3. The molecule has 0 saturated heterocycles. The van der Waals surface area contributed by atoms with Crippen molar-refractivity contribution in [3.63, 3.8) is 0 Å². The monoisotopic (exact) mass is 143 g/mol. The molecule has 56 valence electrons. The third-order valence-corrected chi connectivity index (χ3v) is 0.922. The molecule has 4 nitrogen and oxygen atoms in total. The molecule has 0 aliphatic heterocycles. The Bertz CT molecular complexity index is 183. The second-order valence-electron chi connectivity index (χ2n) is 1.98. The summed E-state index contributed by atoms with van der Waals surface area (Å²) in [6.45, 7) is 3.08. The summed E-state index contributed by atoms with van der Waals surface area (Å²) in [5.74, 6) is -1.86. The maximum atomic E-state index is 10.7. The van der Waals surface area contributed by atoms with Gasteiger partial charge in [0, 0.05) is 14.1 Å². The summed E-state index contributed by atoms with van der Waals surface area (Å²) in [7, 11) is 2.94. The molecule has 0 aliphatic rings. The Morgan fingerprint density at radius 2 is 1.80 bits per heavy atom. The molecule has 0 rings (SSSR count). The van der Waals surface area contributed by atoms with E-state index in [0.29, 0.717) is 0 Å². The Kier molecular flexibility index (Phi) is 2.61. The molecule has 0 atom stereocenters. The van der Waals surface area contributed by atoms with Gasteiger partial charge >= 0.3 is 5.97 Å². The molecule has 10 heavy (non-hydrogen) atoms. The van der Waals surface area contributed by atoms with Crippen molar-refractivity contribution >= 4 is 11.9 Å². The van der Waals surface area contributed by atoms with Crippen LogP contribution in [-0.4, -0.2) is 36.0 Å². The summed E-state index contributed by atoms with van der Waals surface area (Å²) in [4.78, 5) is 22.0. The topological polar surface area (TPSA) is 57.6 Å². The number of carboxylic acid groups (broad SMARTS) is 1. The fraction of sp³-hybridized carbons (Fsp3) is 0.333. The number of aliphatic carboxylic acids is 1. The molecule has 0 fully saturated rings. The summed E-state index contributed by atoms with van der Waals surface area (Å²) in [6.07, 6.45) is 0. The Hall–Kier alpha value is -1.32. The van der Waals surface area contributed by atoms with Crippen molar-refractivity contribution in [2.75, 3.05) is 14.1 Å². The van der Waals surface area contributed by atoms with Gasteiger partial charge in [-0.2, -0.15) is 0 Å². The van der Waals surface area contributed by atoms with Gasteiger partial charge in [0.15, 0.2) is 0 Å². The molecule has 0 spiro atoms. The lowest BCUT2D eigenvalue weighted by Crippen LogP contribution is -2.26. The second kappa shape index (κ2) is 3.00. The van der Waals surface area contributed by atoms with Crippen LogP contribution < -0.4 is 0 Å². The zero-order chi connectivity index (χ0) is 8.31. The van der Waals surface area contributed by atoms with Gasteiger partial charge in [0.1, 0.15) is 5.57 Å². The summed E-state index contributed by atoms with van der Waals surface area (Å²) in [5, 5.41) is 8.25. The van der Waals surface area contributed by atoms with E-state index in [2.05, 4.69) is 6.58 Å². The van der Waals surface area contributed by atoms with Gasteiger partial charge in [-0.25, -0.2) is 4.79 Å². The van der Waals surface area contributed by atoms with Crippen LogP contribution in [0.25, 0.3) is 0 Å². The number of carboxylic acids is 1. The molecule has 0 aromatic carbocycles. The first-order valence-electron chi connectivity index (χ1n) is 2.60. The average Bonchev–Trinajstić information content (AvgIpc) is 1.84. The lowest BCUT2D eigenvalue weighted by Gasteiger charge is -2.08. The summed E-state index contributed by atoms with van der Waals surface area (Å²) >= 11 is 0. The first-order chi connectivity index (χ1) is 4.46. The molecule has 0 saturated carbocycles. The quantitative estimate of drug-likeness (QED) is 0.328. The van der Waals surface area contributed by atoms with E-state index in [9.17, 15) is 9.59 Å². The molecule has 0 bridgehead atoms. The van der Waals surface area contributed by atoms with E-state index in [4.69, 9.17) is 5.11 Å². The van der Waals surface area contributed by atoms with Crippen molar-refractivity contribution in [3.05, 3.63) is 12.2 Å². The zero-order valence-corrected chi connectivity index (χ0v) is 5.92. The highest BCUT2D eigenvalue weighted by atomic mass is 16.4. The molecule has 0 aromatic heterocycles. The van der Waals surface area contributed by atoms with Crippen LogP contribution >= 0.6 is 0 Å². The Balaban J connectivity index is 4.24. The maximum Gasteiger partial charge on any atom is 0.340 e. The largest absolute Gasteiger partial charge is 0.478 e. The molecule has 0 radical (unpaired) electrons.